The zero-order chi connectivity index (χ0) is 15.1. The number of ether oxygens (including phenoxy) is 2. The molecule has 3 N–H and O–H groups in total. The van der Waals surface area contributed by atoms with Crippen molar-refractivity contribution in [2.75, 3.05) is 13.7 Å². The Labute approximate surface area is 117 Å². The summed E-state index contributed by atoms with van der Waals surface area (Å²) in [6.07, 6.45) is -3.45. The fourth-order valence-electron chi connectivity index (χ4n) is 2.43. The van der Waals surface area contributed by atoms with Crippen molar-refractivity contribution >= 4 is 11.2 Å². The SMILES string of the molecule is CO[C@@H]1[C@H](O)[C@@H](CO)O[C@H]1n1cnc2c(=O)[nH]c(F)nc21. The highest BCUT2D eigenvalue weighted by Gasteiger charge is 2.45. The standard InChI is InChI=1S/C11H13FN4O5/c1-20-7-6(18)4(2-17)21-10(7)16-3-13-5-8(16)14-11(12)15-9(5)19/h3-4,6-7,10,17-18H,2H2,1H3,(H,14,15,19)/t4-,6-,7-,10-/m1/s1. The van der Waals surface area contributed by atoms with Gasteiger partial charge < -0.3 is 19.7 Å². The van der Waals surface area contributed by atoms with E-state index in [4.69, 9.17) is 9.47 Å². The normalized spacial score (nSPS) is 29.3. The second-order valence-electron chi connectivity index (χ2n) is 4.62. The molecule has 1 aliphatic heterocycles. The summed E-state index contributed by atoms with van der Waals surface area (Å²) in [5.74, 6) is 0. The Kier molecular flexibility index (Phi) is 3.45. The molecule has 2 aromatic rings. The van der Waals surface area contributed by atoms with E-state index in [1.807, 2.05) is 4.98 Å². The van der Waals surface area contributed by atoms with E-state index in [9.17, 15) is 19.4 Å². The molecule has 3 heterocycles. The first kappa shape index (κ1) is 14.1. The molecule has 1 saturated heterocycles. The average molecular weight is 300 g/mol. The minimum atomic E-state index is -1.07. The number of aromatic nitrogens is 4. The van der Waals surface area contributed by atoms with E-state index in [1.54, 1.807) is 0 Å². The van der Waals surface area contributed by atoms with Gasteiger partial charge in [-0.1, -0.05) is 0 Å². The van der Waals surface area contributed by atoms with Crippen molar-refractivity contribution in [1.82, 2.24) is 19.5 Å². The second-order valence-corrected chi connectivity index (χ2v) is 4.62. The number of aromatic amines is 1. The van der Waals surface area contributed by atoms with Gasteiger partial charge in [-0.2, -0.15) is 9.37 Å². The molecule has 0 spiro atoms. The highest BCUT2D eigenvalue weighted by Crippen LogP contribution is 2.32. The molecule has 0 aliphatic carbocycles. The van der Waals surface area contributed by atoms with Crippen LogP contribution in [0, 0.1) is 6.08 Å². The summed E-state index contributed by atoms with van der Waals surface area (Å²) in [4.78, 5) is 20.9. The molecule has 9 nitrogen and oxygen atoms in total. The first-order valence-corrected chi connectivity index (χ1v) is 6.16. The summed E-state index contributed by atoms with van der Waals surface area (Å²) in [5, 5.41) is 19.2. The molecule has 0 unspecified atom stereocenters. The molecule has 21 heavy (non-hydrogen) atoms. The van der Waals surface area contributed by atoms with Gasteiger partial charge in [-0.15, -0.1) is 0 Å². The number of hydrogen-bond acceptors (Lipinski definition) is 7. The zero-order valence-corrected chi connectivity index (χ0v) is 10.9. The lowest BCUT2D eigenvalue weighted by Crippen LogP contribution is -2.34. The van der Waals surface area contributed by atoms with Crippen molar-refractivity contribution in [2.45, 2.75) is 24.5 Å². The largest absolute Gasteiger partial charge is 0.394 e. The molecular weight excluding hydrogens is 287 g/mol. The van der Waals surface area contributed by atoms with Gasteiger partial charge in [0.25, 0.3) is 11.6 Å². The Hall–Kier alpha value is -1.88. The monoisotopic (exact) mass is 300 g/mol. The lowest BCUT2D eigenvalue weighted by atomic mass is 10.1. The minimum absolute atomic E-state index is 0.0333. The van der Waals surface area contributed by atoms with E-state index in [1.165, 1.54) is 18.0 Å². The fourth-order valence-corrected chi connectivity index (χ4v) is 2.43. The van der Waals surface area contributed by atoms with Crippen LogP contribution in [0.4, 0.5) is 4.39 Å². The molecule has 0 amide bonds. The Morgan fingerprint density at radius 3 is 3.05 bits per heavy atom. The molecule has 0 radical (unpaired) electrons. The van der Waals surface area contributed by atoms with Crippen molar-refractivity contribution in [3.8, 4) is 0 Å². The summed E-state index contributed by atoms with van der Waals surface area (Å²) in [7, 11) is 1.37. The number of rotatable bonds is 3. The maximum atomic E-state index is 13.3. The Morgan fingerprint density at radius 1 is 1.62 bits per heavy atom. The molecule has 0 aromatic carbocycles. The summed E-state index contributed by atoms with van der Waals surface area (Å²) >= 11 is 0. The predicted molar refractivity (Wildman–Crippen MR) is 65.9 cm³/mol. The number of nitrogens with one attached hydrogen (secondary N) is 1. The molecule has 0 bridgehead atoms. The summed E-state index contributed by atoms with van der Waals surface area (Å²) < 4.78 is 25.2. The number of hydrogen-bond donors (Lipinski definition) is 3. The van der Waals surface area contributed by atoms with Crippen LogP contribution in [0.2, 0.25) is 0 Å². The number of imidazole rings is 1. The average Bonchev–Trinajstić information content (AvgIpc) is 2.99. The van der Waals surface area contributed by atoms with Gasteiger partial charge in [-0.25, -0.2) is 4.98 Å². The van der Waals surface area contributed by atoms with Crippen molar-refractivity contribution in [3.05, 3.63) is 22.8 Å². The summed E-state index contributed by atoms with van der Waals surface area (Å²) in [5.41, 5.74) is -0.812. The first-order chi connectivity index (χ1) is 10.1. The van der Waals surface area contributed by atoms with E-state index in [0.717, 1.165) is 0 Å². The number of nitrogens with zero attached hydrogens (tertiary/aromatic N) is 3. The van der Waals surface area contributed by atoms with Crippen molar-refractivity contribution < 1.29 is 24.1 Å². The Bertz CT molecular complexity index is 716. The van der Waals surface area contributed by atoms with Crippen LogP contribution in [-0.2, 0) is 9.47 Å². The van der Waals surface area contributed by atoms with Crippen molar-refractivity contribution in [3.63, 3.8) is 0 Å². The quantitative estimate of drug-likeness (QED) is 0.591. The van der Waals surface area contributed by atoms with Crippen molar-refractivity contribution in [1.29, 1.82) is 0 Å². The number of aliphatic hydroxyl groups is 2. The van der Waals surface area contributed by atoms with Crippen LogP contribution < -0.4 is 5.56 Å². The van der Waals surface area contributed by atoms with Crippen LogP contribution in [0.25, 0.3) is 11.2 Å². The first-order valence-electron chi connectivity index (χ1n) is 6.16. The van der Waals surface area contributed by atoms with Crippen LogP contribution >= 0.6 is 0 Å². The Balaban J connectivity index is 2.10. The topological polar surface area (TPSA) is 122 Å². The lowest BCUT2D eigenvalue weighted by molar-refractivity contribution is -0.0583. The molecule has 2 aromatic heterocycles. The van der Waals surface area contributed by atoms with Crippen LogP contribution in [-0.4, -0.2) is 61.8 Å². The molecule has 4 atom stereocenters. The maximum Gasteiger partial charge on any atom is 0.291 e. The smallest absolute Gasteiger partial charge is 0.291 e. The predicted octanol–water partition coefficient (Wildman–Crippen LogP) is -1.48. The third kappa shape index (κ3) is 2.12. The van der Waals surface area contributed by atoms with Gasteiger partial charge in [0.15, 0.2) is 17.4 Å². The van der Waals surface area contributed by atoms with Crippen LogP contribution in [0.1, 0.15) is 6.23 Å². The number of halogens is 1. The fraction of sp³-hybridized carbons (Fsp3) is 0.545. The van der Waals surface area contributed by atoms with E-state index in [-0.39, 0.29) is 11.2 Å². The van der Waals surface area contributed by atoms with Gasteiger partial charge >= 0.3 is 0 Å². The number of fused-ring (bicyclic) bond motifs is 1. The van der Waals surface area contributed by atoms with Gasteiger partial charge in [-0.05, 0) is 0 Å². The molecule has 114 valence electrons. The molecule has 10 heteroatoms. The third-order valence-electron chi connectivity index (χ3n) is 3.44. The van der Waals surface area contributed by atoms with Gasteiger partial charge in [0, 0.05) is 7.11 Å². The minimum Gasteiger partial charge on any atom is -0.394 e. The Morgan fingerprint density at radius 2 is 2.38 bits per heavy atom. The number of H-pyrrole nitrogens is 1. The van der Waals surface area contributed by atoms with Gasteiger partial charge in [-0.3, -0.25) is 14.3 Å². The maximum absolute atomic E-state index is 13.3. The van der Waals surface area contributed by atoms with Gasteiger partial charge in [0.2, 0.25) is 0 Å². The van der Waals surface area contributed by atoms with E-state index in [2.05, 4.69) is 9.97 Å². The van der Waals surface area contributed by atoms with E-state index < -0.39 is 42.8 Å². The number of aliphatic hydroxyl groups excluding tert-OH is 2. The van der Waals surface area contributed by atoms with Gasteiger partial charge in [0.05, 0.1) is 12.9 Å². The molecule has 1 fully saturated rings. The molecule has 0 saturated carbocycles. The highest BCUT2D eigenvalue weighted by molar-refractivity contribution is 5.69. The van der Waals surface area contributed by atoms with Crippen molar-refractivity contribution in [2.24, 2.45) is 0 Å². The summed E-state index contributed by atoms with van der Waals surface area (Å²) in [6.45, 7) is -0.410. The number of methoxy groups -OCH3 is 1. The van der Waals surface area contributed by atoms with Crippen LogP contribution in [0.3, 0.4) is 0 Å². The van der Waals surface area contributed by atoms with E-state index in [0.29, 0.717) is 0 Å². The second kappa shape index (κ2) is 5.15. The molecule has 1 aliphatic rings. The van der Waals surface area contributed by atoms with Crippen LogP contribution in [0.5, 0.6) is 0 Å². The third-order valence-corrected chi connectivity index (χ3v) is 3.44. The lowest BCUT2D eigenvalue weighted by Gasteiger charge is -2.19. The van der Waals surface area contributed by atoms with E-state index >= 15 is 0 Å². The van der Waals surface area contributed by atoms with Crippen LogP contribution in [0.15, 0.2) is 11.1 Å². The summed E-state index contributed by atoms with van der Waals surface area (Å²) in [6, 6.07) is 0. The highest BCUT2D eigenvalue weighted by atomic mass is 19.1. The van der Waals surface area contributed by atoms with Gasteiger partial charge in [0.1, 0.15) is 18.3 Å². The molecule has 3 rings (SSSR count). The zero-order valence-electron chi connectivity index (χ0n) is 10.9. The molecular formula is C11H13FN4O5.